The second-order valence-electron chi connectivity index (χ2n) is 3.94. The fourth-order valence-electron chi connectivity index (χ4n) is 1.23. The summed E-state index contributed by atoms with van der Waals surface area (Å²) in [5.41, 5.74) is 6.66. The van der Waals surface area contributed by atoms with Gasteiger partial charge in [-0.2, -0.15) is 0 Å². The van der Waals surface area contributed by atoms with Crippen LogP contribution in [0.1, 0.15) is 37.6 Å². The van der Waals surface area contributed by atoms with Gasteiger partial charge >= 0.3 is 0 Å². The second-order valence-corrected chi connectivity index (χ2v) is 4.99. The molecule has 0 saturated carbocycles. The van der Waals surface area contributed by atoms with Crippen LogP contribution < -0.4 is 5.73 Å². The van der Waals surface area contributed by atoms with Crippen LogP contribution in [0.15, 0.2) is 9.64 Å². The van der Waals surface area contributed by atoms with Crippen molar-refractivity contribution in [2.75, 3.05) is 5.75 Å². The van der Waals surface area contributed by atoms with Crippen LogP contribution >= 0.6 is 11.8 Å². The van der Waals surface area contributed by atoms with Crippen LogP contribution in [0.5, 0.6) is 0 Å². The Balaban J connectivity index is 2.15. The molecule has 1 unspecified atom stereocenters. The highest BCUT2D eigenvalue weighted by atomic mass is 32.2. The zero-order chi connectivity index (χ0) is 11.3. The van der Waals surface area contributed by atoms with E-state index in [0.29, 0.717) is 6.04 Å². The fourth-order valence-corrected chi connectivity index (χ4v) is 2.14. The molecule has 4 heteroatoms. The minimum Gasteiger partial charge on any atom is -0.437 e. The van der Waals surface area contributed by atoms with Crippen molar-refractivity contribution in [3.05, 3.63) is 11.5 Å². The average Bonchev–Trinajstić information content (AvgIpc) is 2.45. The smallest absolute Gasteiger partial charge is 0.256 e. The van der Waals surface area contributed by atoms with Gasteiger partial charge in [0.15, 0.2) is 0 Å². The van der Waals surface area contributed by atoms with Crippen LogP contribution in [-0.4, -0.2) is 16.8 Å². The Morgan fingerprint density at radius 1 is 1.40 bits per heavy atom. The Morgan fingerprint density at radius 2 is 2.13 bits per heavy atom. The first-order valence-corrected chi connectivity index (χ1v) is 6.40. The van der Waals surface area contributed by atoms with Crippen molar-refractivity contribution in [2.45, 2.75) is 51.3 Å². The van der Waals surface area contributed by atoms with Crippen molar-refractivity contribution in [1.82, 2.24) is 4.98 Å². The zero-order valence-corrected chi connectivity index (χ0v) is 10.6. The van der Waals surface area contributed by atoms with E-state index in [4.69, 9.17) is 10.2 Å². The maximum Gasteiger partial charge on any atom is 0.256 e. The van der Waals surface area contributed by atoms with Crippen molar-refractivity contribution in [3.63, 3.8) is 0 Å². The molecule has 0 fully saturated rings. The van der Waals surface area contributed by atoms with Crippen LogP contribution in [0, 0.1) is 13.8 Å². The number of nitrogens with two attached hydrogens (primary N) is 1. The summed E-state index contributed by atoms with van der Waals surface area (Å²) in [4.78, 5) is 4.31. The molecule has 0 bridgehead atoms. The molecule has 0 radical (unpaired) electrons. The number of hydrogen-bond donors (Lipinski definition) is 1. The summed E-state index contributed by atoms with van der Waals surface area (Å²) in [6, 6.07) is 0.321. The van der Waals surface area contributed by atoms with E-state index in [1.165, 1.54) is 12.8 Å². The molecule has 3 nitrogen and oxygen atoms in total. The standard InChI is InChI=1S/C11H20N2OS/c1-8(12)6-4-5-7-15-11-13-9(2)10(3)14-11/h8H,4-7,12H2,1-3H3. The quantitative estimate of drug-likeness (QED) is 0.601. The van der Waals surface area contributed by atoms with Gasteiger partial charge in [0, 0.05) is 11.8 Å². The van der Waals surface area contributed by atoms with E-state index in [1.807, 2.05) is 20.8 Å². The van der Waals surface area contributed by atoms with Crippen molar-refractivity contribution < 1.29 is 4.42 Å². The van der Waals surface area contributed by atoms with Crippen LogP contribution in [0.4, 0.5) is 0 Å². The monoisotopic (exact) mass is 228 g/mol. The third kappa shape index (κ3) is 4.71. The lowest BCUT2D eigenvalue weighted by Crippen LogP contribution is -2.13. The molecular weight excluding hydrogens is 208 g/mol. The molecule has 1 atom stereocenters. The molecule has 0 aliphatic rings. The summed E-state index contributed by atoms with van der Waals surface area (Å²) >= 11 is 1.69. The number of aromatic nitrogens is 1. The molecule has 0 aromatic carbocycles. The van der Waals surface area contributed by atoms with E-state index >= 15 is 0 Å². The highest BCUT2D eigenvalue weighted by Gasteiger charge is 2.05. The summed E-state index contributed by atoms with van der Waals surface area (Å²) in [6.07, 6.45) is 3.46. The third-order valence-corrected chi connectivity index (χ3v) is 3.20. The van der Waals surface area contributed by atoms with Crippen LogP contribution in [0.3, 0.4) is 0 Å². The molecule has 1 heterocycles. The first-order chi connectivity index (χ1) is 7.09. The number of hydrogen-bond acceptors (Lipinski definition) is 4. The van der Waals surface area contributed by atoms with Gasteiger partial charge < -0.3 is 10.2 Å². The van der Waals surface area contributed by atoms with E-state index in [0.717, 1.165) is 28.9 Å². The van der Waals surface area contributed by atoms with E-state index < -0.39 is 0 Å². The van der Waals surface area contributed by atoms with Gasteiger partial charge in [-0.3, -0.25) is 0 Å². The number of unbranched alkanes of at least 4 members (excludes halogenated alkanes) is 1. The summed E-state index contributed by atoms with van der Waals surface area (Å²) < 4.78 is 5.47. The lowest BCUT2D eigenvalue weighted by molar-refractivity contribution is 0.431. The molecular formula is C11H20N2OS. The van der Waals surface area contributed by atoms with E-state index in [2.05, 4.69) is 4.98 Å². The Morgan fingerprint density at radius 3 is 2.67 bits per heavy atom. The number of thioether (sulfide) groups is 1. The Bertz CT molecular complexity index is 277. The van der Waals surface area contributed by atoms with E-state index in [1.54, 1.807) is 11.8 Å². The summed E-state index contributed by atoms with van der Waals surface area (Å²) in [5.74, 6) is 1.99. The maximum atomic E-state index is 5.67. The first-order valence-electron chi connectivity index (χ1n) is 5.42. The molecule has 1 rings (SSSR count). The Labute approximate surface area is 95.8 Å². The number of rotatable bonds is 6. The van der Waals surface area contributed by atoms with Gasteiger partial charge in [0.05, 0.1) is 5.69 Å². The summed E-state index contributed by atoms with van der Waals surface area (Å²) in [7, 11) is 0. The molecule has 1 aromatic heterocycles. The predicted molar refractivity (Wildman–Crippen MR) is 64.2 cm³/mol. The SMILES string of the molecule is Cc1nc(SCCCCC(C)N)oc1C. The fraction of sp³-hybridized carbons (Fsp3) is 0.727. The minimum atomic E-state index is 0.321. The third-order valence-electron chi connectivity index (χ3n) is 2.29. The Kier molecular flexibility index (Phi) is 5.19. The summed E-state index contributed by atoms with van der Waals surface area (Å²) in [5, 5.41) is 0.797. The Hall–Kier alpha value is -0.480. The average molecular weight is 228 g/mol. The van der Waals surface area contributed by atoms with Crippen molar-refractivity contribution in [2.24, 2.45) is 5.73 Å². The summed E-state index contributed by atoms with van der Waals surface area (Å²) in [6.45, 7) is 5.97. The van der Waals surface area contributed by atoms with Gasteiger partial charge in [-0.05, 0) is 33.6 Å². The molecule has 86 valence electrons. The second kappa shape index (κ2) is 6.18. The maximum absolute atomic E-state index is 5.67. The van der Waals surface area contributed by atoms with Crippen molar-refractivity contribution >= 4 is 11.8 Å². The lowest BCUT2D eigenvalue weighted by Gasteiger charge is -2.02. The molecule has 0 spiro atoms. The van der Waals surface area contributed by atoms with Crippen LogP contribution in [0.2, 0.25) is 0 Å². The number of aryl methyl sites for hydroxylation is 2. The van der Waals surface area contributed by atoms with Gasteiger partial charge in [-0.25, -0.2) is 4.98 Å². The topological polar surface area (TPSA) is 52.0 Å². The molecule has 2 N–H and O–H groups in total. The largest absolute Gasteiger partial charge is 0.437 e. The highest BCUT2D eigenvalue weighted by Crippen LogP contribution is 2.21. The van der Waals surface area contributed by atoms with Crippen molar-refractivity contribution in [1.29, 1.82) is 0 Å². The predicted octanol–water partition coefficient (Wildman–Crippen LogP) is 2.90. The lowest BCUT2D eigenvalue weighted by atomic mass is 10.2. The normalized spacial score (nSPS) is 13.1. The van der Waals surface area contributed by atoms with E-state index in [-0.39, 0.29) is 0 Å². The highest BCUT2D eigenvalue weighted by molar-refractivity contribution is 7.99. The number of oxazole rings is 1. The first kappa shape index (κ1) is 12.6. The number of nitrogens with zero attached hydrogens (tertiary/aromatic N) is 1. The molecule has 0 aliphatic heterocycles. The molecule has 1 aromatic rings. The van der Waals surface area contributed by atoms with Gasteiger partial charge in [-0.15, -0.1) is 0 Å². The van der Waals surface area contributed by atoms with Gasteiger partial charge in [0.1, 0.15) is 5.76 Å². The minimum absolute atomic E-state index is 0.321. The zero-order valence-electron chi connectivity index (χ0n) is 9.75. The molecule has 0 amide bonds. The van der Waals surface area contributed by atoms with Gasteiger partial charge in [-0.1, -0.05) is 18.2 Å². The van der Waals surface area contributed by atoms with Gasteiger partial charge in [0.2, 0.25) is 0 Å². The van der Waals surface area contributed by atoms with Crippen LogP contribution in [0.25, 0.3) is 0 Å². The molecule has 15 heavy (non-hydrogen) atoms. The van der Waals surface area contributed by atoms with Crippen molar-refractivity contribution in [3.8, 4) is 0 Å². The van der Waals surface area contributed by atoms with Crippen LogP contribution in [-0.2, 0) is 0 Å². The van der Waals surface area contributed by atoms with Gasteiger partial charge in [0.25, 0.3) is 5.22 Å². The molecule has 0 aliphatic carbocycles. The molecule has 0 saturated heterocycles. The van der Waals surface area contributed by atoms with E-state index in [9.17, 15) is 0 Å².